The molecule has 166 valence electrons. The molecule has 0 radical (unpaired) electrons. The number of hydrogen-bond donors (Lipinski definition) is 0. The van der Waals surface area contributed by atoms with Gasteiger partial charge in [0.2, 0.25) is 0 Å². The molecule has 0 bridgehead atoms. The zero-order valence-corrected chi connectivity index (χ0v) is 18.8. The number of carbonyl (C=O) groups excluding carboxylic acids is 2. The van der Waals surface area contributed by atoms with Gasteiger partial charge in [-0.15, -0.1) is 0 Å². The average molecular weight is 426 g/mol. The van der Waals surface area contributed by atoms with E-state index in [9.17, 15) is 9.59 Å². The van der Waals surface area contributed by atoms with Crippen LogP contribution in [0.4, 0.5) is 0 Å². The number of carbonyl (C=O) groups is 2. The van der Waals surface area contributed by atoms with Crippen molar-refractivity contribution in [1.82, 2.24) is 4.90 Å². The van der Waals surface area contributed by atoms with Gasteiger partial charge in [0.25, 0.3) is 5.91 Å². The average Bonchev–Trinajstić information content (AvgIpc) is 2.75. The van der Waals surface area contributed by atoms with Crippen molar-refractivity contribution < 1.29 is 23.8 Å². The van der Waals surface area contributed by atoms with Gasteiger partial charge >= 0.3 is 5.97 Å². The Kier molecular flexibility index (Phi) is 9.13. The molecule has 2 rings (SSSR count). The van der Waals surface area contributed by atoms with Crippen molar-refractivity contribution in [3.8, 4) is 11.5 Å². The van der Waals surface area contributed by atoms with Crippen molar-refractivity contribution in [2.45, 2.75) is 46.4 Å². The summed E-state index contributed by atoms with van der Waals surface area (Å²) in [5.41, 5.74) is 1.78. The molecule has 0 heterocycles. The number of esters is 1. The van der Waals surface area contributed by atoms with Crippen LogP contribution in [0.2, 0.25) is 0 Å². The number of benzene rings is 2. The SMILES string of the molecule is COc1cc(C=CC(=O)OCC(=O)N(Cc2ccccc2)C(C)C)ccc1OC(C)C. The van der Waals surface area contributed by atoms with Crippen LogP contribution in [0, 0.1) is 0 Å². The van der Waals surface area contributed by atoms with E-state index in [1.807, 2.05) is 64.1 Å². The fraction of sp³-hybridized carbons (Fsp3) is 0.360. The summed E-state index contributed by atoms with van der Waals surface area (Å²) >= 11 is 0. The fourth-order valence-electron chi connectivity index (χ4n) is 2.91. The van der Waals surface area contributed by atoms with Gasteiger partial charge in [0.1, 0.15) is 0 Å². The van der Waals surface area contributed by atoms with Crippen molar-refractivity contribution in [2.75, 3.05) is 13.7 Å². The Morgan fingerprint density at radius 2 is 1.71 bits per heavy atom. The lowest BCUT2D eigenvalue weighted by atomic mass is 10.2. The maximum Gasteiger partial charge on any atom is 0.331 e. The predicted octanol–water partition coefficient (Wildman–Crippen LogP) is 4.48. The molecule has 0 aliphatic carbocycles. The number of amides is 1. The van der Waals surface area contributed by atoms with Crippen LogP contribution in [0.3, 0.4) is 0 Å². The van der Waals surface area contributed by atoms with Crippen molar-refractivity contribution in [2.24, 2.45) is 0 Å². The minimum absolute atomic E-state index is 0.0130. The Labute approximate surface area is 184 Å². The summed E-state index contributed by atoms with van der Waals surface area (Å²) < 4.78 is 16.2. The van der Waals surface area contributed by atoms with Crippen molar-refractivity contribution >= 4 is 18.0 Å². The van der Waals surface area contributed by atoms with E-state index in [1.54, 1.807) is 30.2 Å². The monoisotopic (exact) mass is 425 g/mol. The predicted molar refractivity (Wildman–Crippen MR) is 121 cm³/mol. The summed E-state index contributed by atoms with van der Waals surface area (Å²) in [6.45, 7) is 7.90. The van der Waals surface area contributed by atoms with E-state index in [-0.39, 0.29) is 24.7 Å². The summed E-state index contributed by atoms with van der Waals surface area (Å²) in [6.07, 6.45) is 2.93. The van der Waals surface area contributed by atoms with Crippen LogP contribution in [0.25, 0.3) is 6.08 Å². The first kappa shape index (κ1) is 24.0. The maximum absolute atomic E-state index is 12.6. The highest BCUT2D eigenvalue weighted by molar-refractivity contribution is 5.89. The van der Waals surface area contributed by atoms with Crippen LogP contribution in [-0.2, 0) is 20.9 Å². The lowest BCUT2D eigenvalue weighted by Crippen LogP contribution is -2.39. The molecule has 0 aliphatic heterocycles. The molecule has 0 aromatic heterocycles. The van der Waals surface area contributed by atoms with Gasteiger partial charge in [0, 0.05) is 18.7 Å². The van der Waals surface area contributed by atoms with Crippen LogP contribution >= 0.6 is 0 Å². The van der Waals surface area contributed by atoms with Crippen LogP contribution in [0.1, 0.15) is 38.8 Å². The first-order valence-electron chi connectivity index (χ1n) is 10.3. The number of rotatable bonds is 10. The van der Waals surface area contributed by atoms with Gasteiger partial charge in [-0.2, -0.15) is 0 Å². The Hall–Kier alpha value is -3.28. The molecule has 31 heavy (non-hydrogen) atoms. The van der Waals surface area contributed by atoms with E-state index in [0.29, 0.717) is 18.0 Å². The van der Waals surface area contributed by atoms with Gasteiger partial charge in [0.15, 0.2) is 18.1 Å². The highest BCUT2D eigenvalue weighted by Gasteiger charge is 2.18. The molecule has 0 saturated carbocycles. The minimum Gasteiger partial charge on any atom is -0.493 e. The molecule has 2 aromatic rings. The van der Waals surface area contributed by atoms with E-state index in [2.05, 4.69) is 0 Å². The lowest BCUT2D eigenvalue weighted by molar-refractivity contribution is -0.149. The van der Waals surface area contributed by atoms with Crippen molar-refractivity contribution in [3.63, 3.8) is 0 Å². The summed E-state index contributed by atoms with van der Waals surface area (Å²) in [6, 6.07) is 15.1. The molecule has 0 N–H and O–H groups in total. The zero-order chi connectivity index (χ0) is 22.8. The second-order valence-electron chi connectivity index (χ2n) is 7.62. The van der Waals surface area contributed by atoms with Gasteiger partial charge in [-0.3, -0.25) is 4.79 Å². The molecule has 0 atom stereocenters. The van der Waals surface area contributed by atoms with Gasteiger partial charge in [0.05, 0.1) is 13.2 Å². The highest BCUT2D eigenvalue weighted by atomic mass is 16.5. The highest BCUT2D eigenvalue weighted by Crippen LogP contribution is 2.29. The maximum atomic E-state index is 12.6. The number of methoxy groups -OCH3 is 1. The number of hydrogen-bond acceptors (Lipinski definition) is 5. The first-order chi connectivity index (χ1) is 14.8. The smallest absolute Gasteiger partial charge is 0.331 e. The Morgan fingerprint density at radius 1 is 1.00 bits per heavy atom. The molecule has 6 heteroatoms. The quantitative estimate of drug-likeness (QED) is 0.415. The van der Waals surface area contributed by atoms with E-state index >= 15 is 0 Å². The summed E-state index contributed by atoms with van der Waals surface area (Å²) in [7, 11) is 1.56. The molecule has 0 spiro atoms. The van der Waals surface area contributed by atoms with E-state index in [0.717, 1.165) is 11.1 Å². The standard InChI is InChI=1S/C25H31NO5/c1-18(2)26(16-21-9-7-6-8-10-21)24(27)17-30-25(28)14-12-20-11-13-22(31-19(3)4)23(15-20)29-5/h6-15,18-19H,16-17H2,1-5H3. The molecule has 0 aliphatic rings. The Bertz CT molecular complexity index is 890. The van der Waals surface area contributed by atoms with E-state index < -0.39 is 5.97 Å². The first-order valence-corrected chi connectivity index (χ1v) is 10.3. The van der Waals surface area contributed by atoms with Gasteiger partial charge in [-0.05, 0) is 57.0 Å². The molecule has 1 amide bonds. The van der Waals surface area contributed by atoms with Gasteiger partial charge < -0.3 is 19.1 Å². The van der Waals surface area contributed by atoms with Crippen LogP contribution < -0.4 is 9.47 Å². The zero-order valence-electron chi connectivity index (χ0n) is 18.8. The molecule has 0 unspecified atom stereocenters. The second kappa shape index (κ2) is 11.8. The third-order valence-corrected chi connectivity index (χ3v) is 4.44. The number of nitrogens with zero attached hydrogens (tertiary/aromatic N) is 1. The molecule has 0 saturated heterocycles. The molecular weight excluding hydrogens is 394 g/mol. The molecule has 2 aromatic carbocycles. The van der Waals surface area contributed by atoms with Gasteiger partial charge in [-0.1, -0.05) is 36.4 Å². The molecule has 0 fully saturated rings. The summed E-state index contributed by atoms with van der Waals surface area (Å²) in [4.78, 5) is 26.4. The minimum atomic E-state index is -0.585. The van der Waals surface area contributed by atoms with Crippen LogP contribution in [-0.4, -0.2) is 42.6 Å². The van der Waals surface area contributed by atoms with Crippen LogP contribution in [0.15, 0.2) is 54.6 Å². The van der Waals surface area contributed by atoms with Crippen LogP contribution in [0.5, 0.6) is 11.5 Å². The Morgan fingerprint density at radius 3 is 2.32 bits per heavy atom. The second-order valence-corrected chi connectivity index (χ2v) is 7.62. The largest absolute Gasteiger partial charge is 0.493 e. The van der Waals surface area contributed by atoms with Crippen molar-refractivity contribution in [3.05, 3.63) is 65.7 Å². The molecular formula is C25H31NO5. The topological polar surface area (TPSA) is 65.1 Å². The normalized spacial score (nSPS) is 11.1. The van der Waals surface area contributed by atoms with Gasteiger partial charge in [-0.25, -0.2) is 4.79 Å². The van der Waals surface area contributed by atoms with Crippen molar-refractivity contribution in [1.29, 1.82) is 0 Å². The summed E-state index contributed by atoms with van der Waals surface area (Å²) in [5, 5.41) is 0. The molecule has 6 nitrogen and oxygen atoms in total. The number of ether oxygens (including phenoxy) is 3. The third kappa shape index (κ3) is 7.81. The van der Waals surface area contributed by atoms with E-state index in [4.69, 9.17) is 14.2 Å². The Balaban J connectivity index is 1.94. The van der Waals surface area contributed by atoms with E-state index in [1.165, 1.54) is 6.08 Å². The summed E-state index contributed by atoms with van der Waals surface area (Å²) in [5.74, 6) is 0.388. The fourth-order valence-corrected chi connectivity index (χ4v) is 2.91. The third-order valence-electron chi connectivity index (χ3n) is 4.44. The lowest BCUT2D eigenvalue weighted by Gasteiger charge is -2.26.